The van der Waals surface area contributed by atoms with Gasteiger partial charge in [0.05, 0.1) is 0 Å². The van der Waals surface area contributed by atoms with Crippen LogP contribution < -0.4 is 5.73 Å². The average molecular weight is 450 g/mol. The molecule has 0 spiro atoms. The van der Waals surface area contributed by atoms with Crippen molar-refractivity contribution in [2.24, 2.45) is 5.73 Å². The van der Waals surface area contributed by atoms with Gasteiger partial charge in [0.15, 0.2) is 0 Å². The number of fused-ring (bicyclic) bond motifs is 2. The second-order valence-electron chi connectivity index (χ2n) is 9.56. The topological polar surface area (TPSA) is 86.9 Å². The molecule has 2 heterocycles. The maximum atomic E-state index is 12.6. The highest BCUT2D eigenvalue weighted by Crippen LogP contribution is 2.43. The number of rotatable bonds is 9. The fraction of sp³-hybridized carbons (Fsp3) is 0.481. The van der Waals surface area contributed by atoms with Crippen molar-refractivity contribution in [2.45, 2.75) is 69.7 Å². The first-order valence-electron chi connectivity index (χ1n) is 12.1. The second-order valence-corrected chi connectivity index (χ2v) is 9.56. The lowest BCUT2D eigenvalue weighted by Gasteiger charge is -2.39. The van der Waals surface area contributed by atoms with E-state index in [0.717, 1.165) is 31.4 Å². The SMILES string of the molecule is C[C@H](O)C(=O)N(CCCN1[C@@H]2CC[C@H]1CC(c1cccc(C(N)=O)c1)C2)Cc1ccccc1. The van der Waals surface area contributed by atoms with Crippen LogP contribution >= 0.6 is 0 Å². The van der Waals surface area contributed by atoms with E-state index in [9.17, 15) is 14.7 Å². The van der Waals surface area contributed by atoms with Crippen LogP contribution in [0.4, 0.5) is 0 Å². The van der Waals surface area contributed by atoms with E-state index in [1.807, 2.05) is 42.5 Å². The number of benzene rings is 2. The van der Waals surface area contributed by atoms with Crippen LogP contribution in [0.1, 0.15) is 66.4 Å². The molecule has 0 aliphatic carbocycles. The highest BCUT2D eigenvalue weighted by molar-refractivity contribution is 5.92. The van der Waals surface area contributed by atoms with Crippen molar-refractivity contribution < 1.29 is 14.7 Å². The lowest BCUT2D eigenvalue weighted by molar-refractivity contribution is -0.140. The van der Waals surface area contributed by atoms with Crippen LogP contribution in [0.2, 0.25) is 0 Å². The number of nitrogens with two attached hydrogens (primary N) is 1. The van der Waals surface area contributed by atoms with Crippen molar-refractivity contribution in [3.05, 3.63) is 71.3 Å². The Bertz CT molecular complexity index is 948. The fourth-order valence-corrected chi connectivity index (χ4v) is 5.64. The zero-order chi connectivity index (χ0) is 23.4. The molecular weight excluding hydrogens is 414 g/mol. The van der Waals surface area contributed by atoms with Crippen molar-refractivity contribution in [3.8, 4) is 0 Å². The summed E-state index contributed by atoms with van der Waals surface area (Å²) in [6.07, 6.45) is 4.50. The number of nitrogens with zero attached hydrogens (tertiary/aromatic N) is 2. The number of hydrogen-bond donors (Lipinski definition) is 2. The Hall–Kier alpha value is -2.70. The summed E-state index contributed by atoms with van der Waals surface area (Å²) in [7, 11) is 0. The van der Waals surface area contributed by atoms with Crippen molar-refractivity contribution in [3.63, 3.8) is 0 Å². The molecule has 0 radical (unpaired) electrons. The first-order valence-corrected chi connectivity index (χ1v) is 12.1. The van der Waals surface area contributed by atoms with E-state index in [-0.39, 0.29) is 11.8 Å². The number of hydrogen-bond acceptors (Lipinski definition) is 4. The van der Waals surface area contributed by atoms with Gasteiger partial charge in [-0.25, -0.2) is 0 Å². The summed E-state index contributed by atoms with van der Waals surface area (Å²) in [5.74, 6) is -0.122. The van der Waals surface area contributed by atoms with Crippen molar-refractivity contribution in [1.82, 2.24) is 9.80 Å². The van der Waals surface area contributed by atoms with E-state index in [4.69, 9.17) is 5.73 Å². The molecule has 2 saturated heterocycles. The third-order valence-electron chi connectivity index (χ3n) is 7.26. The Balaban J connectivity index is 1.34. The Morgan fingerprint density at radius 3 is 2.42 bits per heavy atom. The van der Waals surface area contributed by atoms with Gasteiger partial charge in [0, 0.05) is 37.3 Å². The van der Waals surface area contributed by atoms with Crippen LogP contribution in [-0.2, 0) is 11.3 Å². The molecule has 6 nitrogen and oxygen atoms in total. The lowest BCUT2D eigenvalue weighted by Crippen LogP contribution is -2.44. The number of carbonyl (C=O) groups excluding carboxylic acids is 2. The Morgan fingerprint density at radius 2 is 1.79 bits per heavy atom. The van der Waals surface area contributed by atoms with Gasteiger partial charge >= 0.3 is 0 Å². The summed E-state index contributed by atoms with van der Waals surface area (Å²) in [5, 5.41) is 9.87. The third-order valence-corrected chi connectivity index (χ3v) is 7.26. The summed E-state index contributed by atoms with van der Waals surface area (Å²) < 4.78 is 0. The molecule has 2 aliphatic rings. The zero-order valence-corrected chi connectivity index (χ0v) is 19.4. The first-order chi connectivity index (χ1) is 15.9. The predicted molar refractivity (Wildman–Crippen MR) is 129 cm³/mol. The van der Waals surface area contributed by atoms with Crippen LogP contribution in [0, 0.1) is 0 Å². The normalized spacial score (nSPS) is 23.3. The van der Waals surface area contributed by atoms with E-state index in [1.165, 1.54) is 18.4 Å². The van der Waals surface area contributed by atoms with Gasteiger partial charge in [0.25, 0.3) is 5.91 Å². The molecule has 6 heteroatoms. The number of piperidine rings is 1. The van der Waals surface area contributed by atoms with Gasteiger partial charge in [0.2, 0.25) is 5.91 Å². The molecule has 0 aromatic heterocycles. The number of aliphatic hydroxyl groups is 1. The minimum absolute atomic E-state index is 0.213. The van der Waals surface area contributed by atoms with E-state index in [1.54, 1.807) is 17.9 Å². The summed E-state index contributed by atoms with van der Waals surface area (Å²) in [5.41, 5.74) is 8.36. The van der Waals surface area contributed by atoms with Crippen molar-refractivity contribution >= 4 is 11.8 Å². The number of aliphatic hydroxyl groups excluding tert-OH is 1. The third kappa shape index (κ3) is 5.63. The van der Waals surface area contributed by atoms with Crippen LogP contribution in [0.3, 0.4) is 0 Å². The molecule has 2 aromatic carbocycles. The quantitative estimate of drug-likeness (QED) is 0.615. The molecule has 2 amide bonds. The minimum atomic E-state index is -0.989. The average Bonchev–Trinajstić information content (AvgIpc) is 3.05. The summed E-state index contributed by atoms with van der Waals surface area (Å²) in [6, 6.07) is 18.8. The molecule has 1 unspecified atom stereocenters. The fourth-order valence-electron chi connectivity index (χ4n) is 5.64. The largest absolute Gasteiger partial charge is 0.384 e. The molecular formula is C27H35N3O3. The summed E-state index contributed by atoms with van der Waals surface area (Å²) >= 11 is 0. The second kappa shape index (κ2) is 10.5. The molecule has 4 atom stereocenters. The molecule has 4 rings (SSSR count). The maximum Gasteiger partial charge on any atom is 0.251 e. The zero-order valence-electron chi connectivity index (χ0n) is 19.4. The highest BCUT2D eigenvalue weighted by Gasteiger charge is 2.40. The molecule has 176 valence electrons. The van der Waals surface area contributed by atoms with Crippen molar-refractivity contribution in [2.75, 3.05) is 13.1 Å². The maximum absolute atomic E-state index is 12.6. The molecule has 2 fully saturated rings. The van der Waals surface area contributed by atoms with E-state index in [2.05, 4.69) is 11.0 Å². The van der Waals surface area contributed by atoms with E-state index >= 15 is 0 Å². The summed E-state index contributed by atoms with van der Waals surface area (Å²) in [4.78, 5) is 28.6. The van der Waals surface area contributed by atoms with Gasteiger partial charge in [-0.05, 0) is 68.2 Å². The summed E-state index contributed by atoms with van der Waals surface area (Å²) in [6.45, 7) is 3.66. The predicted octanol–water partition coefficient (Wildman–Crippen LogP) is 3.30. The van der Waals surface area contributed by atoms with E-state index in [0.29, 0.717) is 36.7 Å². The number of amides is 2. The van der Waals surface area contributed by atoms with Crippen LogP contribution in [0.25, 0.3) is 0 Å². The molecule has 2 aliphatic heterocycles. The Morgan fingerprint density at radius 1 is 1.09 bits per heavy atom. The number of carbonyl (C=O) groups is 2. The van der Waals surface area contributed by atoms with Gasteiger partial charge in [-0.3, -0.25) is 14.5 Å². The minimum Gasteiger partial charge on any atom is -0.384 e. The van der Waals surface area contributed by atoms with Gasteiger partial charge in [0.1, 0.15) is 6.10 Å². The van der Waals surface area contributed by atoms with Gasteiger partial charge < -0.3 is 15.7 Å². The highest BCUT2D eigenvalue weighted by atomic mass is 16.3. The van der Waals surface area contributed by atoms with Crippen LogP contribution in [-0.4, -0.2) is 58.0 Å². The number of primary amides is 1. The molecule has 2 aromatic rings. The Kier molecular flexibility index (Phi) is 7.46. The van der Waals surface area contributed by atoms with Gasteiger partial charge in [-0.1, -0.05) is 42.5 Å². The molecule has 2 bridgehead atoms. The molecule has 3 N–H and O–H groups in total. The molecule has 0 saturated carbocycles. The standard InChI is InChI=1S/C27H35N3O3/c1-19(31)27(33)29(18-20-7-3-2-4-8-20)13-6-14-30-24-11-12-25(30)17-23(16-24)21-9-5-10-22(15-21)26(28)32/h2-5,7-10,15,19,23-25,31H,6,11-14,16-18H2,1H3,(H2,28,32)/t19-,23?,24-,25+/m0/s1. The monoisotopic (exact) mass is 449 g/mol. The van der Waals surface area contributed by atoms with Crippen LogP contribution in [0.15, 0.2) is 54.6 Å². The lowest BCUT2D eigenvalue weighted by atomic mass is 9.84. The van der Waals surface area contributed by atoms with Crippen LogP contribution in [0.5, 0.6) is 0 Å². The molecule has 33 heavy (non-hydrogen) atoms. The van der Waals surface area contributed by atoms with Gasteiger partial charge in [-0.15, -0.1) is 0 Å². The van der Waals surface area contributed by atoms with Gasteiger partial charge in [-0.2, -0.15) is 0 Å². The first kappa shape index (κ1) is 23.5. The van der Waals surface area contributed by atoms with Crippen molar-refractivity contribution in [1.29, 1.82) is 0 Å². The van der Waals surface area contributed by atoms with E-state index < -0.39 is 6.10 Å². The Labute approximate surface area is 196 Å². The smallest absolute Gasteiger partial charge is 0.251 e.